The van der Waals surface area contributed by atoms with Gasteiger partial charge in [-0.1, -0.05) is 28.8 Å². The molecule has 94 valence electrons. The van der Waals surface area contributed by atoms with Gasteiger partial charge in [-0.3, -0.25) is 0 Å². The standard InChI is InChI=1S/C10H18BrNO3S/c11-7-9-8-15-6-5-12(9)16(13,14)10-3-1-2-4-10/h9-10H,1-8H2. The molecule has 6 heteroatoms. The normalized spacial score (nSPS) is 29.7. The van der Waals surface area contributed by atoms with Gasteiger partial charge >= 0.3 is 0 Å². The molecule has 0 bridgehead atoms. The van der Waals surface area contributed by atoms with Gasteiger partial charge in [-0.2, -0.15) is 4.31 Å². The summed E-state index contributed by atoms with van der Waals surface area (Å²) in [4.78, 5) is 0. The molecule has 1 saturated carbocycles. The van der Waals surface area contributed by atoms with Gasteiger partial charge in [-0.15, -0.1) is 0 Å². The van der Waals surface area contributed by atoms with Gasteiger partial charge in [0.25, 0.3) is 0 Å². The minimum absolute atomic E-state index is 0.0284. The van der Waals surface area contributed by atoms with E-state index in [4.69, 9.17) is 4.74 Å². The van der Waals surface area contributed by atoms with Crippen LogP contribution in [-0.2, 0) is 14.8 Å². The molecule has 1 unspecified atom stereocenters. The highest BCUT2D eigenvalue weighted by atomic mass is 79.9. The molecule has 0 N–H and O–H groups in total. The van der Waals surface area contributed by atoms with Gasteiger partial charge < -0.3 is 4.74 Å². The van der Waals surface area contributed by atoms with Crippen LogP contribution in [0.2, 0.25) is 0 Å². The SMILES string of the molecule is O=S(=O)(C1CCCC1)N1CCOCC1CBr. The molecule has 0 spiro atoms. The first kappa shape index (κ1) is 12.8. The molecule has 0 aromatic rings. The first-order valence-corrected chi connectivity index (χ1v) is 8.43. The third kappa shape index (κ3) is 2.44. The van der Waals surface area contributed by atoms with Crippen molar-refractivity contribution >= 4 is 26.0 Å². The van der Waals surface area contributed by atoms with Crippen molar-refractivity contribution in [3.05, 3.63) is 0 Å². The second-order valence-electron chi connectivity index (χ2n) is 4.45. The molecule has 1 aliphatic carbocycles. The molecule has 1 saturated heterocycles. The Balaban J connectivity index is 2.13. The van der Waals surface area contributed by atoms with Crippen LogP contribution in [0, 0.1) is 0 Å². The zero-order valence-electron chi connectivity index (χ0n) is 9.27. The van der Waals surface area contributed by atoms with Gasteiger partial charge in [0.2, 0.25) is 10.0 Å². The van der Waals surface area contributed by atoms with E-state index < -0.39 is 10.0 Å². The summed E-state index contributed by atoms with van der Waals surface area (Å²) in [5.41, 5.74) is 0. The molecule has 2 aliphatic rings. The first-order chi connectivity index (χ1) is 7.66. The Morgan fingerprint density at radius 1 is 1.31 bits per heavy atom. The lowest BCUT2D eigenvalue weighted by atomic mass is 10.3. The molecule has 0 aromatic carbocycles. The van der Waals surface area contributed by atoms with E-state index in [1.165, 1.54) is 0 Å². The Labute approximate surface area is 106 Å². The minimum atomic E-state index is -3.10. The van der Waals surface area contributed by atoms with Crippen LogP contribution in [0.1, 0.15) is 25.7 Å². The fraction of sp³-hybridized carbons (Fsp3) is 1.00. The Morgan fingerprint density at radius 3 is 2.62 bits per heavy atom. The van der Waals surface area contributed by atoms with E-state index >= 15 is 0 Å². The third-order valence-corrected chi connectivity index (χ3v) is 6.60. The Kier molecular flexibility index (Phi) is 4.26. The summed E-state index contributed by atoms with van der Waals surface area (Å²) in [7, 11) is -3.10. The molecular formula is C10H18BrNO3S. The minimum Gasteiger partial charge on any atom is -0.378 e. The van der Waals surface area contributed by atoms with Crippen LogP contribution in [0.25, 0.3) is 0 Å². The third-order valence-electron chi connectivity index (χ3n) is 3.40. The van der Waals surface area contributed by atoms with Crippen LogP contribution in [0.15, 0.2) is 0 Å². The number of hydrogen-bond acceptors (Lipinski definition) is 3. The van der Waals surface area contributed by atoms with Crippen molar-refractivity contribution in [3.63, 3.8) is 0 Å². The zero-order valence-corrected chi connectivity index (χ0v) is 11.7. The lowest BCUT2D eigenvalue weighted by molar-refractivity contribution is 0.0408. The zero-order chi connectivity index (χ0) is 11.6. The summed E-state index contributed by atoms with van der Waals surface area (Å²) in [6, 6.07) is -0.0284. The highest BCUT2D eigenvalue weighted by Gasteiger charge is 2.38. The van der Waals surface area contributed by atoms with Gasteiger partial charge in [0.05, 0.1) is 24.5 Å². The van der Waals surface area contributed by atoms with Gasteiger partial charge in [0, 0.05) is 11.9 Å². The summed E-state index contributed by atoms with van der Waals surface area (Å²) in [5.74, 6) is 0. The molecular weight excluding hydrogens is 294 g/mol. The Morgan fingerprint density at radius 2 is 2.00 bits per heavy atom. The Bertz CT molecular complexity index is 327. The van der Waals surface area contributed by atoms with Crippen molar-refractivity contribution in [3.8, 4) is 0 Å². The smallest absolute Gasteiger partial charge is 0.217 e. The van der Waals surface area contributed by atoms with Gasteiger partial charge in [0.15, 0.2) is 0 Å². The molecule has 0 amide bonds. The van der Waals surface area contributed by atoms with E-state index in [0.717, 1.165) is 25.7 Å². The number of alkyl halides is 1. The number of ether oxygens (including phenoxy) is 1. The molecule has 0 aromatic heterocycles. The highest BCUT2D eigenvalue weighted by Crippen LogP contribution is 2.29. The van der Waals surface area contributed by atoms with E-state index in [-0.39, 0.29) is 11.3 Å². The van der Waals surface area contributed by atoms with Gasteiger partial charge in [-0.05, 0) is 12.8 Å². The number of hydrogen-bond donors (Lipinski definition) is 0. The van der Waals surface area contributed by atoms with Crippen molar-refractivity contribution < 1.29 is 13.2 Å². The Hall–Kier alpha value is 0.350. The molecule has 16 heavy (non-hydrogen) atoms. The van der Waals surface area contributed by atoms with E-state index in [2.05, 4.69) is 15.9 Å². The summed E-state index contributed by atoms with van der Waals surface area (Å²) in [5, 5.41) is 0.506. The van der Waals surface area contributed by atoms with E-state index in [0.29, 0.717) is 25.1 Å². The summed E-state index contributed by atoms with van der Waals surface area (Å²) >= 11 is 3.37. The van der Waals surface area contributed by atoms with Crippen LogP contribution in [0.3, 0.4) is 0 Å². The van der Waals surface area contributed by atoms with Gasteiger partial charge in [0.1, 0.15) is 0 Å². The van der Waals surface area contributed by atoms with Crippen LogP contribution >= 0.6 is 15.9 Å². The molecule has 1 heterocycles. The van der Waals surface area contributed by atoms with Gasteiger partial charge in [-0.25, -0.2) is 8.42 Å². The van der Waals surface area contributed by atoms with Crippen molar-refractivity contribution in [1.82, 2.24) is 4.31 Å². The first-order valence-electron chi connectivity index (χ1n) is 5.80. The van der Waals surface area contributed by atoms with Crippen molar-refractivity contribution in [2.45, 2.75) is 37.0 Å². The molecule has 4 nitrogen and oxygen atoms in total. The number of morpholine rings is 1. The summed E-state index contributed by atoms with van der Waals surface area (Å²) in [6.45, 7) is 1.54. The van der Waals surface area contributed by atoms with E-state index in [1.54, 1.807) is 4.31 Å². The summed E-state index contributed by atoms with van der Waals surface area (Å²) in [6.07, 6.45) is 3.75. The maximum absolute atomic E-state index is 12.4. The van der Waals surface area contributed by atoms with Crippen LogP contribution in [0.5, 0.6) is 0 Å². The lowest BCUT2D eigenvalue weighted by Gasteiger charge is -2.35. The molecule has 1 atom stereocenters. The fourth-order valence-electron chi connectivity index (χ4n) is 2.47. The monoisotopic (exact) mass is 311 g/mol. The lowest BCUT2D eigenvalue weighted by Crippen LogP contribution is -2.52. The van der Waals surface area contributed by atoms with E-state index in [9.17, 15) is 8.42 Å². The number of nitrogens with zero attached hydrogens (tertiary/aromatic N) is 1. The van der Waals surface area contributed by atoms with Crippen molar-refractivity contribution in [1.29, 1.82) is 0 Å². The average molecular weight is 312 g/mol. The molecule has 1 aliphatic heterocycles. The highest BCUT2D eigenvalue weighted by molar-refractivity contribution is 9.09. The van der Waals surface area contributed by atoms with Crippen LogP contribution < -0.4 is 0 Å². The molecule has 2 fully saturated rings. The number of halogens is 1. The fourth-order valence-corrected chi connectivity index (χ4v) is 5.39. The largest absolute Gasteiger partial charge is 0.378 e. The maximum atomic E-state index is 12.4. The van der Waals surface area contributed by atoms with Crippen LogP contribution in [0.4, 0.5) is 0 Å². The summed E-state index contributed by atoms with van der Waals surface area (Å²) < 4.78 is 31.8. The quantitative estimate of drug-likeness (QED) is 0.739. The van der Waals surface area contributed by atoms with E-state index in [1.807, 2.05) is 0 Å². The molecule has 0 radical (unpaired) electrons. The number of sulfonamides is 1. The second-order valence-corrected chi connectivity index (χ2v) is 7.26. The predicted octanol–water partition coefficient (Wildman–Crippen LogP) is 1.35. The second kappa shape index (κ2) is 5.33. The maximum Gasteiger partial charge on any atom is 0.217 e. The van der Waals surface area contributed by atoms with Crippen molar-refractivity contribution in [2.75, 3.05) is 25.1 Å². The van der Waals surface area contributed by atoms with Crippen LogP contribution in [-0.4, -0.2) is 49.1 Å². The average Bonchev–Trinajstić information content (AvgIpc) is 2.83. The number of rotatable bonds is 3. The van der Waals surface area contributed by atoms with Crippen molar-refractivity contribution in [2.24, 2.45) is 0 Å². The predicted molar refractivity (Wildman–Crippen MR) is 66.3 cm³/mol. The topological polar surface area (TPSA) is 46.6 Å². The molecule has 2 rings (SSSR count).